The van der Waals surface area contributed by atoms with Crippen molar-refractivity contribution in [3.05, 3.63) is 12.0 Å². The van der Waals surface area contributed by atoms with Crippen molar-refractivity contribution < 1.29 is 13.2 Å². The Bertz CT molecular complexity index is 442. The summed E-state index contributed by atoms with van der Waals surface area (Å²) < 4.78 is 29.1. The predicted octanol–water partition coefficient (Wildman–Crippen LogP) is 1.55. The van der Waals surface area contributed by atoms with Gasteiger partial charge in [-0.2, -0.15) is 0 Å². The minimum atomic E-state index is -3.74. The number of halogens is 1. The van der Waals surface area contributed by atoms with Crippen LogP contribution in [0.3, 0.4) is 0 Å². The van der Waals surface area contributed by atoms with Crippen LogP contribution in [-0.4, -0.2) is 31.2 Å². The van der Waals surface area contributed by atoms with E-state index in [-0.39, 0.29) is 5.03 Å². The summed E-state index contributed by atoms with van der Waals surface area (Å²) in [5, 5.41) is -0.109. The molecule has 0 aliphatic carbocycles. The van der Waals surface area contributed by atoms with Crippen molar-refractivity contribution in [3.8, 4) is 0 Å². The lowest BCUT2D eigenvalue weighted by Crippen LogP contribution is -2.07. The molecule has 1 heterocycles. The van der Waals surface area contributed by atoms with Crippen LogP contribution in [0, 0.1) is 6.92 Å². The van der Waals surface area contributed by atoms with Crippen LogP contribution >= 0.6 is 10.7 Å². The quantitative estimate of drug-likeness (QED) is 0.579. The molecule has 5 nitrogen and oxygen atoms in total. The zero-order valence-corrected chi connectivity index (χ0v) is 10.9. The fourth-order valence-electron chi connectivity index (χ4n) is 1.23. The molecule has 1 aromatic heterocycles. The molecule has 0 radical (unpaired) electrons. The van der Waals surface area contributed by atoms with Crippen molar-refractivity contribution in [2.75, 3.05) is 13.2 Å². The summed E-state index contributed by atoms with van der Waals surface area (Å²) in [7, 11) is 1.45. The molecule has 0 unspecified atom stereocenters. The lowest BCUT2D eigenvalue weighted by Gasteiger charge is -2.04. The molecule has 0 amide bonds. The standard InChI is InChI=1S/C9H15ClN2O3S/c1-3-5-15-6-4-12-7-9(11-8(12)2)16(10,13)14/h7H,3-6H2,1-2H3. The number of ether oxygens (including phenoxy) is 1. The monoisotopic (exact) mass is 266 g/mol. The van der Waals surface area contributed by atoms with Gasteiger partial charge in [0.05, 0.1) is 6.61 Å². The third-order valence-electron chi connectivity index (χ3n) is 2.03. The third kappa shape index (κ3) is 3.77. The van der Waals surface area contributed by atoms with Crippen molar-refractivity contribution in [2.45, 2.75) is 31.8 Å². The van der Waals surface area contributed by atoms with Crippen molar-refractivity contribution in [3.63, 3.8) is 0 Å². The molecule has 0 saturated carbocycles. The maximum Gasteiger partial charge on any atom is 0.280 e. The van der Waals surface area contributed by atoms with E-state index in [9.17, 15) is 8.42 Å². The number of nitrogens with zero attached hydrogens (tertiary/aromatic N) is 2. The normalized spacial score (nSPS) is 11.9. The zero-order chi connectivity index (χ0) is 12.2. The number of rotatable bonds is 6. The van der Waals surface area contributed by atoms with Gasteiger partial charge in [0.25, 0.3) is 9.05 Å². The molecular weight excluding hydrogens is 252 g/mol. The smallest absolute Gasteiger partial charge is 0.280 e. The number of aromatic nitrogens is 2. The van der Waals surface area contributed by atoms with Crippen LogP contribution in [-0.2, 0) is 20.3 Å². The van der Waals surface area contributed by atoms with Crippen LogP contribution in [0.4, 0.5) is 0 Å². The predicted molar refractivity (Wildman–Crippen MR) is 61.1 cm³/mol. The molecule has 0 spiro atoms. The maximum absolute atomic E-state index is 11.0. The van der Waals surface area contributed by atoms with Gasteiger partial charge in [0.1, 0.15) is 5.82 Å². The Morgan fingerprint density at radius 2 is 2.19 bits per heavy atom. The van der Waals surface area contributed by atoms with E-state index in [2.05, 4.69) is 4.98 Å². The van der Waals surface area contributed by atoms with E-state index in [1.807, 2.05) is 6.92 Å². The Balaban J connectivity index is 2.64. The average Bonchev–Trinajstić information content (AvgIpc) is 2.55. The maximum atomic E-state index is 11.0. The molecule has 0 N–H and O–H groups in total. The first-order chi connectivity index (χ1) is 7.45. The molecule has 0 saturated heterocycles. The van der Waals surface area contributed by atoms with Crippen LogP contribution in [0.5, 0.6) is 0 Å². The second-order valence-electron chi connectivity index (χ2n) is 3.37. The van der Waals surface area contributed by atoms with Gasteiger partial charge in [0, 0.05) is 30.0 Å². The Hall–Kier alpha value is -0.590. The largest absolute Gasteiger partial charge is 0.380 e. The van der Waals surface area contributed by atoms with Gasteiger partial charge in [0.15, 0.2) is 5.03 Å². The van der Waals surface area contributed by atoms with Gasteiger partial charge >= 0.3 is 0 Å². The van der Waals surface area contributed by atoms with E-state index in [0.717, 1.165) is 6.42 Å². The van der Waals surface area contributed by atoms with E-state index in [4.69, 9.17) is 15.4 Å². The summed E-state index contributed by atoms with van der Waals surface area (Å²) in [6.07, 6.45) is 2.39. The summed E-state index contributed by atoms with van der Waals surface area (Å²) in [6.45, 7) is 5.57. The molecule has 1 aromatic rings. The van der Waals surface area contributed by atoms with Gasteiger partial charge in [-0.1, -0.05) is 6.92 Å². The Kier molecular flexibility index (Phi) is 4.76. The van der Waals surface area contributed by atoms with Crippen LogP contribution in [0.25, 0.3) is 0 Å². The van der Waals surface area contributed by atoms with Crippen LogP contribution < -0.4 is 0 Å². The fraction of sp³-hybridized carbons (Fsp3) is 0.667. The molecular formula is C9H15ClN2O3S. The topological polar surface area (TPSA) is 61.2 Å². The molecule has 0 aliphatic rings. The fourth-order valence-corrected chi connectivity index (χ4v) is 1.95. The van der Waals surface area contributed by atoms with E-state index >= 15 is 0 Å². The van der Waals surface area contributed by atoms with E-state index in [1.165, 1.54) is 6.20 Å². The van der Waals surface area contributed by atoms with Crippen molar-refractivity contribution in [1.29, 1.82) is 0 Å². The number of imidazole rings is 1. The highest BCUT2D eigenvalue weighted by Gasteiger charge is 2.15. The molecule has 0 atom stereocenters. The number of aryl methyl sites for hydroxylation is 1. The van der Waals surface area contributed by atoms with Gasteiger partial charge in [-0.25, -0.2) is 13.4 Å². The first kappa shape index (κ1) is 13.5. The van der Waals surface area contributed by atoms with Gasteiger partial charge in [-0.05, 0) is 13.3 Å². The van der Waals surface area contributed by atoms with E-state index in [1.54, 1.807) is 11.5 Å². The number of hydrogen-bond acceptors (Lipinski definition) is 4. The Morgan fingerprint density at radius 1 is 1.50 bits per heavy atom. The Morgan fingerprint density at radius 3 is 2.69 bits per heavy atom. The highest BCUT2D eigenvalue weighted by atomic mass is 35.7. The van der Waals surface area contributed by atoms with Gasteiger partial charge in [0.2, 0.25) is 0 Å². The molecule has 92 valence electrons. The average molecular weight is 267 g/mol. The van der Waals surface area contributed by atoms with Gasteiger partial charge < -0.3 is 9.30 Å². The SMILES string of the molecule is CCCOCCn1cc(S(=O)(=O)Cl)nc1C. The zero-order valence-electron chi connectivity index (χ0n) is 9.31. The summed E-state index contributed by atoms with van der Waals surface area (Å²) in [5.74, 6) is 0.610. The lowest BCUT2D eigenvalue weighted by atomic mass is 10.5. The van der Waals surface area contributed by atoms with Crippen LogP contribution in [0.15, 0.2) is 11.2 Å². The lowest BCUT2D eigenvalue weighted by molar-refractivity contribution is 0.126. The summed E-state index contributed by atoms with van der Waals surface area (Å²) in [4.78, 5) is 3.87. The Labute approximate surface area is 99.8 Å². The first-order valence-electron chi connectivity index (χ1n) is 5.01. The third-order valence-corrected chi connectivity index (χ3v) is 3.20. The van der Waals surface area contributed by atoms with Crippen molar-refractivity contribution in [1.82, 2.24) is 9.55 Å². The second kappa shape index (κ2) is 5.65. The molecule has 0 aliphatic heterocycles. The minimum Gasteiger partial charge on any atom is -0.380 e. The second-order valence-corrected chi connectivity index (χ2v) is 5.88. The van der Waals surface area contributed by atoms with Crippen molar-refractivity contribution >= 4 is 19.7 Å². The van der Waals surface area contributed by atoms with Crippen LogP contribution in [0.2, 0.25) is 0 Å². The first-order valence-corrected chi connectivity index (χ1v) is 7.32. The number of hydrogen-bond donors (Lipinski definition) is 0. The highest BCUT2D eigenvalue weighted by molar-refractivity contribution is 8.13. The minimum absolute atomic E-state index is 0.109. The molecule has 0 fully saturated rings. The molecule has 16 heavy (non-hydrogen) atoms. The molecule has 1 rings (SSSR count). The van der Waals surface area contributed by atoms with Crippen LogP contribution in [0.1, 0.15) is 19.2 Å². The van der Waals surface area contributed by atoms with E-state index < -0.39 is 9.05 Å². The summed E-state index contributed by atoms with van der Waals surface area (Å²) in [5.41, 5.74) is 0. The summed E-state index contributed by atoms with van der Waals surface area (Å²) in [6, 6.07) is 0. The van der Waals surface area contributed by atoms with Gasteiger partial charge in [-0.15, -0.1) is 0 Å². The summed E-state index contributed by atoms with van der Waals surface area (Å²) >= 11 is 0. The molecule has 0 bridgehead atoms. The van der Waals surface area contributed by atoms with E-state index in [0.29, 0.717) is 25.6 Å². The van der Waals surface area contributed by atoms with Crippen molar-refractivity contribution in [2.24, 2.45) is 0 Å². The highest BCUT2D eigenvalue weighted by Crippen LogP contribution is 2.13. The molecule has 7 heteroatoms. The van der Waals surface area contributed by atoms with Gasteiger partial charge in [-0.3, -0.25) is 0 Å². The molecule has 0 aromatic carbocycles.